The summed E-state index contributed by atoms with van der Waals surface area (Å²) in [5.74, 6) is -0.363. The molecule has 0 fully saturated rings. The van der Waals surface area contributed by atoms with Gasteiger partial charge >= 0.3 is 0 Å². The Morgan fingerprint density at radius 2 is 1.94 bits per heavy atom. The van der Waals surface area contributed by atoms with Crippen molar-refractivity contribution in [2.75, 3.05) is 5.73 Å². The van der Waals surface area contributed by atoms with Crippen LogP contribution in [-0.4, -0.2) is 15.5 Å². The van der Waals surface area contributed by atoms with Crippen LogP contribution in [0.15, 0.2) is 41.6 Å². The van der Waals surface area contributed by atoms with Gasteiger partial charge in [0.1, 0.15) is 0 Å². The van der Waals surface area contributed by atoms with Crippen LogP contribution in [0, 0.1) is 0 Å². The highest BCUT2D eigenvalue weighted by Gasteiger charge is 2.08. The van der Waals surface area contributed by atoms with E-state index in [4.69, 9.17) is 5.73 Å². The van der Waals surface area contributed by atoms with Gasteiger partial charge in [-0.3, -0.25) is 19.1 Å². The van der Waals surface area contributed by atoms with Crippen molar-refractivity contribution in [1.82, 2.24) is 9.55 Å². The number of carbonyl (C=O) groups is 1. The van der Waals surface area contributed by atoms with Gasteiger partial charge in [-0.2, -0.15) is 0 Å². The molecule has 86 valence electrons. The van der Waals surface area contributed by atoms with Gasteiger partial charge in [0, 0.05) is 31.1 Å². The van der Waals surface area contributed by atoms with Gasteiger partial charge in [0.05, 0.1) is 5.69 Å². The van der Waals surface area contributed by atoms with Crippen LogP contribution in [0.4, 0.5) is 5.69 Å². The number of carbonyl (C=O) groups excluding carboxylic acids is 1. The smallest absolute Gasteiger partial charge is 0.280 e. The van der Waals surface area contributed by atoms with Crippen LogP contribution < -0.4 is 11.3 Å². The van der Waals surface area contributed by atoms with Crippen molar-refractivity contribution in [3.8, 4) is 11.1 Å². The number of nitrogens with two attached hydrogens (primary N) is 1. The maximum atomic E-state index is 11.6. The lowest BCUT2D eigenvalue weighted by Crippen LogP contribution is -2.26. The second-order valence-electron chi connectivity index (χ2n) is 3.61. The number of nitrogen functional groups attached to an aromatic ring is 1. The quantitative estimate of drug-likeness (QED) is 0.795. The van der Waals surface area contributed by atoms with E-state index >= 15 is 0 Å². The predicted octanol–water partition coefficient (Wildman–Crippen LogP) is 1.15. The van der Waals surface area contributed by atoms with Crippen molar-refractivity contribution in [2.24, 2.45) is 0 Å². The Hall–Kier alpha value is -2.43. The van der Waals surface area contributed by atoms with E-state index in [-0.39, 0.29) is 11.6 Å². The summed E-state index contributed by atoms with van der Waals surface area (Å²) in [7, 11) is 0. The molecule has 2 N–H and O–H groups in total. The van der Waals surface area contributed by atoms with Gasteiger partial charge in [-0.25, -0.2) is 0 Å². The van der Waals surface area contributed by atoms with E-state index < -0.39 is 5.56 Å². The Morgan fingerprint density at radius 1 is 1.29 bits per heavy atom. The normalized spacial score (nSPS) is 10.2. The topological polar surface area (TPSA) is 78.0 Å². The van der Waals surface area contributed by atoms with Gasteiger partial charge in [-0.05, 0) is 23.8 Å². The number of hydrogen-bond acceptors (Lipinski definition) is 4. The van der Waals surface area contributed by atoms with Crippen molar-refractivity contribution in [1.29, 1.82) is 0 Å². The largest absolute Gasteiger partial charge is 0.394 e. The molecule has 0 saturated carbocycles. The average molecular weight is 229 g/mol. The number of nitrogens with zero attached hydrogens (tertiary/aromatic N) is 2. The van der Waals surface area contributed by atoms with Gasteiger partial charge in [0.15, 0.2) is 0 Å². The summed E-state index contributed by atoms with van der Waals surface area (Å²) in [5.41, 5.74) is 6.71. The van der Waals surface area contributed by atoms with Crippen LogP contribution in [0.3, 0.4) is 0 Å². The van der Waals surface area contributed by atoms with Crippen LogP contribution in [0.1, 0.15) is 11.7 Å². The van der Waals surface area contributed by atoms with E-state index in [9.17, 15) is 9.59 Å². The van der Waals surface area contributed by atoms with Crippen LogP contribution in [-0.2, 0) is 0 Å². The molecule has 2 aromatic heterocycles. The van der Waals surface area contributed by atoms with Gasteiger partial charge in [0.25, 0.3) is 5.56 Å². The van der Waals surface area contributed by atoms with Crippen LogP contribution in [0.2, 0.25) is 0 Å². The Kier molecular flexibility index (Phi) is 2.74. The summed E-state index contributed by atoms with van der Waals surface area (Å²) in [6.45, 7) is 1.32. The van der Waals surface area contributed by atoms with E-state index in [1.807, 2.05) is 0 Å². The molecule has 0 atom stereocenters. The van der Waals surface area contributed by atoms with Crippen LogP contribution in [0.5, 0.6) is 0 Å². The lowest BCUT2D eigenvalue weighted by Gasteiger charge is -2.06. The molecule has 0 spiro atoms. The summed E-state index contributed by atoms with van der Waals surface area (Å²) in [6, 6.07) is 5.12. The van der Waals surface area contributed by atoms with E-state index in [1.54, 1.807) is 30.6 Å². The van der Waals surface area contributed by atoms with E-state index in [0.29, 0.717) is 5.56 Å². The molecule has 0 aliphatic carbocycles. The monoisotopic (exact) mass is 229 g/mol. The van der Waals surface area contributed by atoms with Gasteiger partial charge in [-0.1, -0.05) is 0 Å². The van der Waals surface area contributed by atoms with E-state index in [0.717, 1.165) is 10.1 Å². The molecule has 17 heavy (non-hydrogen) atoms. The molecule has 0 aliphatic heterocycles. The molecule has 0 amide bonds. The maximum Gasteiger partial charge on any atom is 0.280 e. The molecule has 0 bridgehead atoms. The fraction of sp³-hybridized carbons (Fsp3) is 0.0833. The standard InChI is InChI=1S/C12H11N3O2/c1-8(16)15-7-10(6-11(13)12(15)17)9-2-4-14-5-3-9/h2-7H,13H2,1H3. The summed E-state index contributed by atoms with van der Waals surface area (Å²) in [5, 5.41) is 0. The molecule has 2 heterocycles. The van der Waals surface area contributed by atoms with E-state index in [1.165, 1.54) is 13.1 Å². The second kappa shape index (κ2) is 4.21. The van der Waals surface area contributed by atoms with Crippen molar-refractivity contribution in [3.63, 3.8) is 0 Å². The Labute approximate surface area is 97.5 Å². The molecule has 0 radical (unpaired) electrons. The first kappa shape index (κ1) is 11.1. The number of rotatable bonds is 1. The lowest BCUT2D eigenvalue weighted by molar-refractivity contribution is 0.0932. The summed E-state index contributed by atoms with van der Waals surface area (Å²) in [6.07, 6.45) is 4.75. The zero-order valence-electron chi connectivity index (χ0n) is 9.25. The average Bonchev–Trinajstić information content (AvgIpc) is 2.33. The number of anilines is 1. The molecule has 5 heteroatoms. The number of aromatic nitrogens is 2. The van der Waals surface area contributed by atoms with Crippen LogP contribution in [0.25, 0.3) is 11.1 Å². The SMILES string of the molecule is CC(=O)n1cc(-c2ccncc2)cc(N)c1=O. The minimum Gasteiger partial charge on any atom is -0.394 e. The minimum atomic E-state index is -0.490. The third-order valence-electron chi connectivity index (χ3n) is 2.40. The minimum absolute atomic E-state index is 0.0505. The molecule has 0 aliphatic rings. The molecule has 0 saturated heterocycles. The Morgan fingerprint density at radius 3 is 2.53 bits per heavy atom. The van der Waals surface area contributed by atoms with Gasteiger partial charge < -0.3 is 5.73 Å². The molecule has 0 unspecified atom stereocenters. The van der Waals surface area contributed by atoms with Gasteiger partial charge in [0.2, 0.25) is 5.91 Å². The third-order valence-corrected chi connectivity index (χ3v) is 2.40. The van der Waals surface area contributed by atoms with Gasteiger partial charge in [-0.15, -0.1) is 0 Å². The second-order valence-corrected chi connectivity index (χ2v) is 3.61. The first-order valence-corrected chi connectivity index (χ1v) is 5.03. The zero-order chi connectivity index (χ0) is 12.4. The van der Waals surface area contributed by atoms with Crippen molar-refractivity contribution in [3.05, 3.63) is 47.1 Å². The fourth-order valence-electron chi connectivity index (χ4n) is 1.54. The fourth-order valence-corrected chi connectivity index (χ4v) is 1.54. The number of pyridine rings is 2. The maximum absolute atomic E-state index is 11.6. The first-order valence-electron chi connectivity index (χ1n) is 5.03. The highest BCUT2D eigenvalue weighted by molar-refractivity contribution is 5.79. The van der Waals surface area contributed by atoms with E-state index in [2.05, 4.69) is 4.98 Å². The highest BCUT2D eigenvalue weighted by Crippen LogP contribution is 2.18. The Bertz CT molecular complexity index is 617. The molecule has 2 aromatic rings. The molecular weight excluding hydrogens is 218 g/mol. The number of hydrogen-bond donors (Lipinski definition) is 1. The zero-order valence-corrected chi connectivity index (χ0v) is 9.25. The summed E-state index contributed by atoms with van der Waals surface area (Å²) >= 11 is 0. The molecule has 5 nitrogen and oxygen atoms in total. The third kappa shape index (κ3) is 2.08. The van der Waals surface area contributed by atoms with Crippen molar-refractivity contribution >= 4 is 11.6 Å². The highest BCUT2D eigenvalue weighted by atomic mass is 16.2. The Balaban J connectivity index is 2.66. The summed E-state index contributed by atoms with van der Waals surface area (Å²) < 4.78 is 1.01. The summed E-state index contributed by atoms with van der Waals surface area (Å²) in [4.78, 5) is 26.8. The molecule has 2 rings (SSSR count). The molecule has 0 aromatic carbocycles. The van der Waals surface area contributed by atoms with Crippen LogP contribution >= 0.6 is 0 Å². The lowest BCUT2D eigenvalue weighted by atomic mass is 10.1. The molecular formula is C12H11N3O2. The first-order chi connectivity index (χ1) is 8.09. The van der Waals surface area contributed by atoms with Crippen molar-refractivity contribution < 1.29 is 4.79 Å². The van der Waals surface area contributed by atoms with Crippen molar-refractivity contribution in [2.45, 2.75) is 6.92 Å². The predicted molar refractivity (Wildman–Crippen MR) is 64.6 cm³/mol.